The minimum atomic E-state index is -0.328. The van der Waals surface area contributed by atoms with Crippen molar-refractivity contribution in [2.24, 2.45) is 5.73 Å². The molecule has 0 saturated carbocycles. The van der Waals surface area contributed by atoms with Gasteiger partial charge >= 0.3 is 0 Å². The van der Waals surface area contributed by atoms with Crippen molar-refractivity contribution in [1.82, 2.24) is 15.5 Å². The molecule has 0 bridgehead atoms. The molecule has 4 rings (SSSR count). The highest BCUT2D eigenvalue weighted by Crippen LogP contribution is 2.24. The van der Waals surface area contributed by atoms with Crippen molar-refractivity contribution >= 4 is 28.4 Å². The second-order valence-corrected chi connectivity index (χ2v) is 7.51. The summed E-state index contributed by atoms with van der Waals surface area (Å²) in [6.45, 7) is 0.709. The average molecular weight is 428 g/mol. The van der Waals surface area contributed by atoms with Gasteiger partial charge in [0.1, 0.15) is 0 Å². The van der Waals surface area contributed by atoms with E-state index in [9.17, 15) is 9.59 Å². The topological polar surface area (TPSA) is 113 Å². The number of nitrogens with zero attached hydrogens (tertiary/aromatic N) is 1. The van der Waals surface area contributed by atoms with Crippen molar-refractivity contribution in [2.45, 2.75) is 18.9 Å². The van der Waals surface area contributed by atoms with Gasteiger partial charge in [0.15, 0.2) is 0 Å². The number of rotatable bonds is 8. The Labute approximate surface area is 186 Å². The molecular weight excluding hydrogens is 402 g/mol. The SMILES string of the molecule is NCCC(C(=O)Nc1ccc2n[nH]c(CNC(=O)c3ccccc3)c2c1)c1ccccc1. The fourth-order valence-electron chi connectivity index (χ4n) is 3.67. The summed E-state index contributed by atoms with van der Waals surface area (Å²) in [6, 6.07) is 24.2. The second-order valence-electron chi connectivity index (χ2n) is 7.51. The van der Waals surface area contributed by atoms with E-state index in [-0.39, 0.29) is 17.7 Å². The van der Waals surface area contributed by atoms with E-state index < -0.39 is 0 Å². The van der Waals surface area contributed by atoms with Gasteiger partial charge in [-0.15, -0.1) is 0 Å². The fraction of sp³-hybridized carbons (Fsp3) is 0.160. The van der Waals surface area contributed by atoms with Gasteiger partial charge in [-0.25, -0.2) is 0 Å². The van der Waals surface area contributed by atoms with Crippen molar-refractivity contribution < 1.29 is 9.59 Å². The summed E-state index contributed by atoms with van der Waals surface area (Å²) in [4.78, 5) is 25.3. The molecule has 3 aromatic carbocycles. The predicted octanol–water partition coefficient (Wildman–Crippen LogP) is 3.56. The van der Waals surface area contributed by atoms with Crippen LogP contribution in [-0.4, -0.2) is 28.6 Å². The molecule has 32 heavy (non-hydrogen) atoms. The van der Waals surface area contributed by atoms with E-state index in [1.165, 1.54) is 0 Å². The number of H-pyrrole nitrogens is 1. The normalized spacial score (nSPS) is 11.8. The molecule has 1 unspecified atom stereocenters. The Bertz CT molecular complexity index is 1200. The number of anilines is 1. The summed E-state index contributed by atoms with van der Waals surface area (Å²) < 4.78 is 0. The summed E-state index contributed by atoms with van der Waals surface area (Å²) in [5.74, 6) is -0.598. The number of benzene rings is 3. The zero-order valence-electron chi connectivity index (χ0n) is 17.5. The smallest absolute Gasteiger partial charge is 0.251 e. The summed E-state index contributed by atoms with van der Waals surface area (Å²) in [7, 11) is 0. The van der Waals surface area contributed by atoms with E-state index in [0.717, 1.165) is 22.2 Å². The first-order valence-electron chi connectivity index (χ1n) is 10.5. The van der Waals surface area contributed by atoms with Crippen molar-refractivity contribution in [3.63, 3.8) is 0 Å². The van der Waals surface area contributed by atoms with Gasteiger partial charge < -0.3 is 16.4 Å². The average Bonchev–Trinajstić information content (AvgIpc) is 3.24. The van der Waals surface area contributed by atoms with E-state index in [2.05, 4.69) is 20.8 Å². The van der Waals surface area contributed by atoms with Crippen LogP contribution in [0.4, 0.5) is 5.69 Å². The highest BCUT2D eigenvalue weighted by Gasteiger charge is 2.20. The first kappa shape index (κ1) is 21.3. The molecule has 0 fully saturated rings. The van der Waals surface area contributed by atoms with Crippen molar-refractivity contribution in [3.05, 3.63) is 95.7 Å². The Hall–Kier alpha value is -3.97. The van der Waals surface area contributed by atoms with Crippen LogP contribution >= 0.6 is 0 Å². The molecule has 1 aromatic heterocycles. The van der Waals surface area contributed by atoms with Crippen LogP contribution < -0.4 is 16.4 Å². The van der Waals surface area contributed by atoms with Crippen LogP contribution in [0.2, 0.25) is 0 Å². The zero-order chi connectivity index (χ0) is 22.3. The first-order valence-corrected chi connectivity index (χ1v) is 10.5. The Kier molecular flexibility index (Phi) is 6.57. The van der Waals surface area contributed by atoms with Gasteiger partial charge in [0.2, 0.25) is 5.91 Å². The van der Waals surface area contributed by atoms with Gasteiger partial charge in [-0.05, 0) is 48.9 Å². The van der Waals surface area contributed by atoms with E-state index in [1.54, 1.807) is 12.1 Å². The number of aromatic amines is 1. The highest BCUT2D eigenvalue weighted by molar-refractivity contribution is 5.98. The maximum Gasteiger partial charge on any atom is 0.251 e. The van der Waals surface area contributed by atoms with Crippen molar-refractivity contribution in [3.8, 4) is 0 Å². The number of carbonyl (C=O) groups excluding carboxylic acids is 2. The number of carbonyl (C=O) groups is 2. The minimum absolute atomic E-state index is 0.108. The van der Waals surface area contributed by atoms with E-state index in [4.69, 9.17) is 5.73 Å². The van der Waals surface area contributed by atoms with Crippen LogP contribution in [0.1, 0.15) is 34.0 Å². The molecule has 0 aliphatic heterocycles. The second kappa shape index (κ2) is 9.89. The van der Waals surface area contributed by atoms with Crippen LogP contribution in [0.15, 0.2) is 78.9 Å². The quantitative estimate of drug-likeness (QED) is 0.344. The highest BCUT2D eigenvalue weighted by atomic mass is 16.2. The molecule has 0 radical (unpaired) electrons. The molecule has 162 valence electrons. The first-order chi connectivity index (χ1) is 15.7. The fourth-order valence-corrected chi connectivity index (χ4v) is 3.67. The van der Waals surface area contributed by atoms with Gasteiger partial charge in [0.25, 0.3) is 5.91 Å². The molecule has 2 amide bonds. The third kappa shape index (κ3) is 4.84. The largest absolute Gasteiger partial charge is 0.346 e. The molecule has 0 aliphatic rings. The number of aromatic nitrogens is 2. The molecule has 4 aromatic rings. The summed E-state index contributed by atoms with van der Waals surface area (Å²) in [5.41, 5.74) is 9.47. The van der Waals surface area contributed by atoms with Crippen LogP contribution in [0, 0.1) is 0 Å². The maximum absolute atomic E-state index is 13.0. The molecule has 5 N–H and O–H groups in total. The lowest BCUT2D eigenvalue weighted by Gasteiger charge is -2.16. The number of nitrogens with two attached hydrogens (primary N) is 1. The van der Waals surface area contributed by atoms with Gasteiger partial charge in [-0.2, -0.15) is 5.10 Å². The van der Waals surface area contributed by atoms with Gasteiger partial charge in [-0.1, -0.05) is 48.5 Å². The predicted molar refractivity (Wildman–Crippen MR) is 125 cm³/mol. The number of nitrogens with one attached hydrogen (secondary N) is 3. The lowest BCUT2D eigenvalue weighted by molar-refractivity contribution is -0.117. The van der Waals surface area contributed by atoms with E-state index >= 15 is 0 Å². The lowest BCUT2D eigenvalue weighted by atomic mass is 9.94. The summed E-state index contributed by atoms with van der Waals surface area (Å²) in [6.07, 6.45) is 0.556. The van der Waals surface area contributed by atoms with Gasteiger partial charge in [0.05, 0.1) is 23.7 Å². The van der Waals surface area contributed by atoms with Crippen molar-refractivity contribution in [2.75, 3.05) is 11.9 Å². The number of hydrogen-bond donors (Lipinski definition) is 4. The molecule has 1 atom stereocenters. The molecule has 7 nitrogen and oxygen atoms in total. The van der Waals surface area contributed by atoms with Crippen LogP contribution in [-0.2, 0) is 11.3 Å². The summed E-state index contributed by atoms with van der Waals surface area (Å²) >= 11 is 0. The Balaban J connectivity index is 1.49. The van der Waals surface area contributed by atoms with Crippen molar-refractivity contribution in [1.29, 1.82) is 0 Å². The number of amides is 2. The number of fused-ring (bicyclic) bond motifs is 1. The molecular formula is C25H25N5O2. The minimum Gasteiger partial charge on any atom is -0.346 e. The lowest BCUT2D eigenvalue weighted by Crippen LogP contribution is -2.23. The monoisotopic (exact) mass is 427 g/mol. The maximum atomic E-state index is 13.0. The van der Waals surface area contributed by atoms with Crippen LogP contribution in [0.5, 0.6) is 0 Å². The van der Waals surface area contributed by atoms with Gasteiger partial charge in [0, 0.05) is 16.6 Å². The molecule has 0 aliphatic carbocycles. The van der Waals surface area contributed by atoms with Crippen LogP contribution in [0.25, 0.3) is 10.9 Å². The van der Waals surface area contributed by atoms with E-state index in [1.807, 2.05) is 66.7 Å². The Morgan fingerprint density at radius 3 is 2.41 bits per heavy atom. The van der Waals surface area contributed by atoms with Gasteiger partial charge in [-0.3, -0.25) is 14.7 Å². The molecule has 7 heteroatoms. The third-order valence-corrected chi connectivity index (χ3v) is 5.34. The molecule has 0 spiro atoms. The molecule has 1 heterocycles. The van der Waals surface area contributed by atoms with Crippen LogP contribution in [0.3, 0.4) is 0 Å². The van der Waals surface area contributed by atoms with E-state index in [0.29, 0.717) is 30.8 Å². The Morgan fingerprint density at radius 1 is 0.969 bits per heavy atom. The molecule has 0 saturated heterocycles. The zero-order valence-corrected chi connectivity index (χ0v) is 17.5. The number of hydrogen-bond acceptors (Lipinski definition) is 4. The third-order valence-electron chi connectivity index (χ3n) is 5.34. The summed E-state index contributed by atoms with van der Waals surface area (Å²) in [5, 5.41) is 14.0. The Morgan fingerprint density at radius 2 is 1.69 bits per heavy atom. The standard InChI is InChI=1S/C25H25N5O2/c26-14-13-20(17-7-3-1-4-8-17)25(32)28-19-11-12-22-21(15-19)23(30-29-22)16-27-24(31)18-9-5-2-6-10-18/h1-12,15,20H,13-14,16,26H2,(H,27,31)(H,28,32)(H,29,30).